The average molecular weight is 908 g/mol. The fourth-order valence-electron chi connectivity index (χ4n) is 7.35. The molecule has 6 heteroatoms. The van der Waals surface area contributed by atoms with Gasteiger partial charge in [0.2, 0.25) is 5.71 Å². The molecule has 0 unspecified atom stereocenters. The number of nitrogens with zero attached hydrogens (tertiary/aromatic N) is 3. The van der Waals surface area contributed by atoms with Crippen LogP contribution in [0.25, 0.3) is 55.8 Å². The van der Waals surface area contributed by atoms with Gasteiger partial charge in [-0.2, -0.15) is 0 Å². The predicted molar refractivity (Wildman–Crippen MR) is 227 cm³/mol. The Bertz CT molecular complexity index is 2390. The second kappa shape index (κ2) is 16.2. The zero-order chi connectivity index (χ0) is 38.2. The topological polar surface area (TPSA) is 51.8 Å². The molecule has 0 atom stereocenters. The van der Waals surface area contributed by atoms with E-state index in [1.54, 1.807) is 0 Å². The van der Waals surface area contributed by atoms with Gasteiger partial charge in [-0.25, -0.2) is 4.98 Å². The third kappa shape index (κ3) is 8.83. The van der Waals surface area contributed by atoms with Crippen LogP contribution in [0.5, 0.6) is 0 Å². The van der Waals surface area contributed by atoms with Gasteiger partial charge in [0, 0.05) is 43.4 Å². The first-order chi connectivity index (χ1) is 25.0. The van der Waals surface area contributed by atoms with Crippen molar-refractivity contribution in [2.75, 3.05) is 0 Å². The zero-order valence-corrected chi connectivity index (χ0v) is 37.3. The Morgan fingerprint density at radius 1 is 0.778 bits per heavy atom. The van der Waals surface area contributed by atoms with E-state index in [2.05, 4.69) is 159 Å². The van der Waals surface area contributed by atoms with Gasteiger partial charge in [0.25, 0.3) is 0 Å². The van der Waals surface area contributed by atoms with Crippen LogP contribution in [0.1, 0.15) is 68.0 Å². The van der Waals surface area contributed by atoms with E-state index in [9.17, 15) is 0 Å². The molecule has 4 nitrogen and oxygen atoms in total. The fourth-order valence-corrected chi connectivity index (χ4v) is 8.94. The molecule has 0 amide bonds. The molecule has 281 valence electrons. The minimum atomic E-state index is -1.34. The summed E-state index contributed by atoms with van der Waals surface area (Å²) in [6.07, 6.45) is 5.11. The summed E-state index contributed by atoms with van der Waals surface area (Å²) in [5.74, 6) is 0.667. The number of aromatic nitrogens is 3. The van der Waals surface area contributed by atoms with Gasteiger partial charge < -0.3 is 14.4 Å². The summed E-state index contributed by atoms with van der Waals surface area (Å²) < 4.78 is 6.43. The number of pyridine rings is 3. The molecule has 4 heterocycles. The summed E-state index contributed by atoms with van der Waals surface area (Å²) in [6, 6.07) is 31.8. The van der Waals surface area contributed by atoms with Crippen molar-refractivity contribution in [3.05, 3.63) is 131 Å². The second-order valence-electron chi connectivity index (χ2n) is 17.0. The molecule has 0 spiro atoms. The smallest absolute Gasteiger partial charge is 0.216 e. The summed E-state index contributed by atoms with van der Waals surface area (Å²) >= 11 is 0. The average Bonchev–Trinajstić information content (AvgIpc) is 3.47. The van der Waals surface area contributed by atoms with Crippen molar-refractivity contribution >= 4 is 35.3 Å². The molecule has 0 aliphatic rings. The van der Waals surface area contributed by atoms with Gasteiger partial charge in [0.15, 0.2) is 0 Å². The molecule has 1 radical (unpaired) electrons. The van der Waals surface area contributed by atoms with E-state index in [1.165, 1.54) is 38.6 Å². The standard InChI is InChI=1S/C30H29N2O.C18H24NSi.Ir/c1-17-13-18(2)26(19(3)14-17)25-15-20(4)27-23-10-8-9-22(28(23)33-29(27)32-25)24-16-21(11-12-31-24)30(5,6)7;1-14(2)11-16-12-17(15-9-7-6-8-10-15)19-13-18(16)20(3,4)5;/h8,10-16H,1-7H3;6-9,12-14H,11H2,1-5H3;/q2*-1;. The van der Waals surface area contributed by atoms with Gasteiger partial charge in [-0.15, -0.1) is 54.1 Å². The van der Waals surface area contributed by atoms with E-state index >= 15 is 0 Å². The molecule has 0 bridgehead atoms. The van der Waals surface area contributed by atoms with E-state index in [-0.39, 0.29) is 25.5 Å². The van der Waals surface area contributed by atoms with E-state index in [0.717, 1.165) is 56.5 Å². The first kappa shape index (κ1) is 41.0. The summed E-state index contributed by atoms with van der Waals surface area (Å²) in [4.78, 5) is 14.3. The number of furan rings is 1. The number of benzene rings is 3. The maximum absolute atomic E-state index is 6.43. The van der Waals surface area contributed by atoms with Crippen LogP contribution in [0, 0.1) is 45.7 Å². The normalized spacial score (nSPS) is 11.8. The van der Waals surface area contributed by atoms with Crippen molar-refractivity contribution in [2.45, 2.75) is 93.8 Å². The van der Waals surface area contributed by atoms with Crippen LogP contribution in [0.4, 0.5) is 0 Å². The molecular formula is C48H53IrN3OSi-2. The van der Waals surface area contributed by atoms with Gasteiger partial charge in [0.1, 0.15) is 0 Å². The van der Waals surface area contributed by atoms with Crippen molar-refractivity contribution in [1.82, 2.24) is 15.0 Å². The maximum Gasteiger partial charge on any atom is 0.216 e. The van der Waals surface area contributed by atoms with Crippen LogP contribution >= 0.6 is 0 Å². The van der Waals surface area contributed by atoms with Gasteiger partial charge in [-0.05, 0) is 96.4 Å². The number of aryl methyl sites for hydroxylation is 4. The molecule has 0 N–H and O–H groups in total. The Morgan fingerprint density at radius 2 is 1.50 bits per heavy atom. The second-order valence-corrected chi connectivity index (χ2v) is 22.0. The molecule has 3 aromatic carbocycles. The van der Waals surface area contributed by atoms with Gasteiger partial charge >= 0.3 is 0 Å². The molecule has 7 aromatic rings. The van der Waals surface area contributed by atoms with Crippen LogP contribution in [-0.2, 0) is 31.9 Å². The minimum Gasteiger partial charge on any atom is -0.486 e. The summed E-state index contributed by atoms with van der Waals surface area (Å²) in [7, 11) is -1.34. The third-order valence-electron chi connectivity index (χ3n) is 9.83. The zero-order valence-electron chi connectivity index (χ0n) is 34.0. The summed E-state index contributed by atoms with van der Waals surface area (Å²) in [5.41, 5.74) is 15.1. The SMILES string of the molecule is CC(C)Cc1cc(-c2[c-]cccc2)ncc1[Si](C)(C)C.Cc1cc(C)c(-c2cc(C)c3c(n2)oc2c(-c4cc(C(C)(C)C)ccn4)[c-]ccc23)c(C)c1.[Ir]. The van der Waals surface area contributed by atoms with Crippen LogP contribution in [-0.4, -0.2) is 23.0 Å². The number of fused-ring (bicyclic) bond motifs is 3. The number of hydrogen-bond acceptors (Lipinski definition) is 4. The van der Waals surface area contributed by atoms with Crippen molar-refractivity contribution in [3.8, 4) is 33.8 Å². The quantitative estimate of drug-likeness (QED) is 0.123. The third-order valence-corrected chi connectivity index (χ3v) is 11.9. The Balaban J connectivity index is 0.000000230. The van der Waals surface area contributed by atoms with Crippen molar-refractivity contribution in [2.24, 2.45) is 5.92 Å². The minimum absolute atomic E-state index is 0. The summed E-state index contributed by atoms with van der Waals surface area (Å²) in [6.45, 7) is 26.9. The maximum atomic E-state index is 6.43. The molecule has 0 saturated carbocycles. The van der Waals surface area contributed by atoms with Gasteiger partial charge in [-0.3, -0.25) is 0 Å². The van der Waals surface area contributed by atoms with Crippen LogP contribution in [0.15, 0.2) is 89.6 Å². The van der Waals surface area contributed by atoms with Crippen molar-refractivity contribution in [3.63, 3.8) is 0 Å². The van der Waals surface area contributed by atoms with E-state index in [0.29, 0.717) is 11.6 Å². The van der Waals surface area contributed by atoms with E-state index in [4.69, 9.17) is 9.40 Å². The van der Waals surface area contributed by atoms with Crippen LogP contribution in [0.3, 0.4) is 0 Å². The Labute approximate surface area is 337 Å². The Hall–Kier alpha value is -4.22. The summed E-state index contributed by atoms with van der Waals surface area (Å²) in [5, 5.41) is 3.60. The van der Waals surface area contributed by atoms with Crippen molar-refractivity contribution < 1.29 is 24.5 Å². The molecule has 0 aliphatic heterocycles. The van der Waals surface area contributed by atoms with Gasteiger partial charge in [-0.1, -0.05) is 101 Å². The van der Waals surface area contributed by atoms with E-state index in [1.807, 2.05) is 30.5 Å². The molecule has 54 heavy (non-hydrogen) atoms. The molecule has 0 fully saturated rings. The number of rotatable bonds is 6. The molecule has 0 saturated heterocycles. The molecule has 0 aliphatic carbocycles. The Kier molecular flexibility index (Phi) is 12.3. The largest absolute Gasteiger partial charge is 0.486 e. The Morgan fingerprint density at radius 3 is 2.13 bits per heavy atom. The monoisotopic (exact) mass is 908 g/mol. The van der Waals surface area contributed by atoms with Crippen LogP contribution in [0.2, 0.25) is 19.6 Å². The molecular weight excluding hydrogens is 855 g/mol. The first-order valence-electron chi connectivity index (χ1n) is 18.8. The first-order valence-corrected chi connectivity index (χ1v) is 22.3. The van der Waals surface area contributed by atoms with Crippen LogP contribution < -0.4 is 5.19 Å². The van der Waals surface area contributed by atoms with Gasteiger partial charge in [0.05, 0.1) is 19.4 Å². The van der Waals surface area contributed by atoms with E-state index < -0.39 is 8.07 Å². The fraction of sp³-hybridized carbons (Fsp3) is 0.312. The molecule has 4 aromatic heterocycles. The molecule has 7 rings (SSSR count). The number of hydrogen-bond donors (Lipinski definition) is 0. The van der Waals surface area contributed by atoms with Crippen molar-refractivity contribution in [1.29, 1.82) is 0 Å². The predicted octanol–water partition coefficient (Wildman–Crippen LogP) is 12.3.